The van der Waals surface area contributed by atoms with Gasteiger partial charge in [-0.25, -0.2) is 4.79 Å². The third-order valence-electron chi connectivity index (χ3n) is 3.58. The van der Waals surface area contributed by atoms with Crippen molar-refractivity contribution in [2.24, 2.45) is 5.92 Å². The number of carbonyl (C=O) groups is 1. The number of aliphatic carboxylic acids is 1. The number of benzene rings is 1. The Morgan fingerprint density at radius 1 is 1.60 bits per heavy atom. The first-order valence-corrected chi connectivity index (χ1v) is 6.13. The lowest BCUT2D eigenvalue weighted by Gasteiger charge is -2.25. The summed E-state index contributed by atoms with van der Waals surface area (Å²) < 4.78 is 0. The maximum absolute atomic E-state index is 11.3. The molecule has 1 aromatic carbocycles. The molecule has 0 radical (unpaired) electrons. The van der Waals surface area contributed by atoms with Crippen LogP contribution in [0.25, 0.3) is 0 Å². The summed E-state index contributed by atoms with van der Waals surface area (Å²) in [6.45, 7) is 2.41. The van der Waals surface area contributed by atoms with Crippen molar-refractivity contribution in [2.45, 2.75) is 19.4 Å². The zero-order valence-electron chi connectivity index (χ0n) is 10.8. The van der Waals surface area contributed by atoms with Crippen molar-refractivity contribution in [3.05, 3.63) is 33.9 Å². The molecular weight excluding hydrogens is 262 g/mol. The van der Waals surface area contributed by atoms with Gasteiger partial charge in [-0.2, -0.15) is 5.26 Å². The number of carboxylic acids is 1. The molecule has 1 aromatic rings. The molecule has 1 aliphatic rings. The summed E-state index contributed by atoms with van der Waals surface area (Å²) in [5.41, 5.74) is 0.204. The summed E-state index contributed by atoms with van der Waals surface area (Å²) in [6, 6.07) is 5.24. The van der Waals surface area contributed by atoms with E-state index in [2.05, 4.69) is 0 Å². The molecule has 0 bridgehead atoms. The molecule has 2 atom stereocenters. The Kier molecular flexibility index (Phi) is 3.57. The van der Waals surface area contributed by atoms with E-state index in [-0.39, 0.29) is 17.2 Å². The summed E-state index contributed by atoms with van der Waals surface area (Å²) >= 11 is 0. The van der Waals surface area contributed by atoms with Crippen molar-refractivity contribution in [1.29, 1.82) is 5.26 Å². The van der Waals surface area contributed by atoms with Gasteiger partial charge in [0.15, 0.2) is 0 Å². The molecule has 1 N–H and O–H groups in total. The molecule has 0 saturated carbocycles. The zero-order valence-corrected chi connectivity index (χ0v) is 10.8. The molecule has 1 aliphatic heterocycles. The van der Waals surface area contributed by atoms with Crippen LogP contribution in [-0.2, 0) is 4.79 Å². The van der Waals surface area contributed by atoms with E-state index in [1.807, 2.05) is 6.92 Å². The molecule has 20 heavy (non-hydrogen) atoms. The van der Waals surface area contributed by atoms with Crippen molar-refractivity contribution in [2.75, 3.05) is 11.4 Å². The number of hydrogen-bond donors (Lipinski definition) is 1. The number of nitrogens with zero attached hydrogens (tertiary/aromatic N) is 3. The topological polar surface area (TPSA) is 107 Å². The Hall–Kier alpha value is -2.62. The first-order chi connectivity index (χ1) is 9.45. The van der Waals surface area contributed by atoms with Gasteiger partial charge in [0, 0.05) is 18.3 Å². The third kappa shape index (κ3) is 2.28. The number of hydrogen-bond acceptors (Lipinski definition) is 5. The second-order valence-corrected chi connectivity index (χ2v) is 4.81. The molecule has 7 heteroatoms. The van der Waals surface area contributed by atoms with Crippen LogP contribution in [0.1, 0.15) is 18.9 Å². The first-order valence-electron chi connectivity index (χ1n) is 6.13. The first kappa shape index (κ1) is 13.8. The van der Waals surface area contributed by atoms with Gasteiger partial charge in [0.2, 0.25) is 0 Å². The molecule has 0 aliphatic carbocycles. The highest BCUT2D eigenvalue weighted by molar-refractivity contribution is 5.80. The molecule has 2 unspecified atom stereocenters. The molecule has 0 spiro atoms. The van der Waals surface area contributed by atoms with Crippen molar-refractivity contribution >= 4 is 17.3 Å². The fourth-order valence-electron chi connectivity index (χ4n) is 2.56. The minimum Gasteiger partial charge on any atom is -0.480 e. The Morgan fingerprint density at radius 3 is 2.85 bits per heavy atom. The van der Waals surface area contributed by atoms with Gasteiger partial charge in [0.25, 0.3) is 5.69 Å². The van der Waals surface area contributed by atoms with E-state index in [9.17, 15) is 20.0 Å². The molecule has 1 fully saturated rings. The zero-order chi connectivity index (χ0) is 14.9. The smallest absolute Gasteiger partial charge is 0.326 e. The van der Waals surface area contributed by atoms with Gasteiger partial charge >= 0.3 is 5.97 Å². The normalized spacial score (nSPS) is 21.5. The van der Waals surface area contributed by atoms with Crippen LogP contribution < -0.4 is 4.90 Å². The monoisotopic (exact) mass is 275 g/mol. The minimum absolute atomic E-state index is 0.00627. The molecule has 1 saturated heterocycles. The second-order valence-electron chi connectivity index (χ2n) is 4.81. The van der Waals surface area contributed by atoms with Crippen LogP contribution in [0.4, 0.5) is 11.4 Å². The van der Waals surface area contributed by atoms with Crippen LogP contribution >= 0.6 is 0 Å². The van der Waals surface area contributed by atoms with E-state index >= 15 is 0 Å². The van der Waals surface area contributed by atoms with E-state index in [1.54, 1.807) is 11.0 Å². The van der Waals surface area contributed by atoms with Crippen LogP contribution in [0.2, 0.25) is 0 Å². The minimum atomic E-state index is -0.924. The summed E-state index contributed by atoms with van der Waals surface area (Å²) in [5, 5.41) is 29.0. The average Bonchev–Trinajstić information content (AvgIpc) is 2.79. The van der Waals surface area contributed by atoms with E-state index in [4.69, 9.17) is 5.26 Å². The SMILES string of the molecule is CC1CCN(c2ccc([N+](=O)[O-])c(C#N)c2)C1C(=O)O. The third-order valence-corrected chi connectivity index (χ3v) is 3.58. The van der Waals surface area contributed by atoms with Gasteiger partial charge in [-0.1, -0.05) is 6.92 Å². The van der Waals surface area contributed by atoms with E-state index in [1.165, 1.54) is 18.2 Å². The van der Waals surface area contributed by atoms with E-state index < -0.39 is 16.9 Å². The number of rotatable bonds is 3. The number of anilines is 1. The van der Waals surface area contributed by atoms with Gasteiger partial charge < -0.3 is 10.0 Å². The Labute approximate surface area is 115 Å². The van der Waals surface area contributed by atoms with E-state index in [0.717, 1.165) is 6.42 Å². The Bertz CT molecular complexity index is 608. The summed E-state index contributed by atoms with van der Waals surface area (Å²) in [6.07, 6.45) is 0.732. The van der Waals surface area contributed by atoms with Crippen LogP contribution in [0, 0.1) is 27.4 Å². The van der Waals surface area contributed by atoms with Gasteiger partial charge in [0.1, 0.15) is 17.7 Å². The standard InChI is InChI=1S/C13H13N3O4/c1-8-4-5-15(12(8)13(17)18)10-2-3-11(16(19)20)9(6-10)7-14/h2-3,6,8,12H,4-5H2,1H3,(H,17,18). The van der Waals surface area contributed by atoms with Crippen LogP contribution in [0.15, 0.2) is 18.2 Å². The highest BCUT2D eigenvalue weighted by Gasteiger charge is 2.37. The molecule has 1 heterocycles. The van der Waals surface area contributed by atoms with Crippen molar-refractivity contribution in [3.8, 4) is 6.07 Å². The Balaban J connectivity index is 2.41. The number of nitro benzene ring substituents is 1. The maximum Gasteiger partial charge on any atom is 0.326 e. The summed E-state index contributed by atoms with van der Waals surface area (Å²) in [4.78, 5) is 23.2. The fraction of sp³-hybridized carbons (Fsp3) is 0.385. The predicted molar refractivity (Wildman–Crippen MR) is 70.4 cm³/mol. The summed E-state index contributed by atoms with van der Waals surface area (Å²) in [7, 11) is 0. The quantitative estimate of drug-likeness (QED) is 0.665. The summed E-state index contributed by atoms with van der Waals surface area (Å²) in [5.74, 6) is -0.930. The number of carboxylic acid groups (broad SMARTS) is 1. The van der Waals surface area contributed by atoms with Gasteiger partial charge in [-0.15, -0.1) is 0 Å². The van der Waals surface area contributed by atoms with Crippen molar-refractivity contribution in [3.63, 3.8) is 0 Å². The molecular formula is C13H13N3O4. The molecule has 0 amide bonds. The Morgan fingerprint density at radius 2 is 2.30 bits per heavy atom. The lowest BCUT2D eigenvalue weighted by atomic mass is 10.0. The van der Waals surface area contributed by atoms with Crippen LogP contribution in [0.5, 0.6) is 0 Å². The second kappa shape index (κ2) is 5.17. The number of nitriles is 1. The van der Waals surface area contributed by atoms with Crippen molar-refractivity contribution in [1.82, 2.24) is 0 Å². The van der Waals surface area contributed by atoms with Gasteiger partial charge in [0.05, 0.1) is 4.92 Å². The predicted octanol–water partition coefficient (Wildman–Crippen LogP) is 1.77. The van der Waals surface area contributed by atoms with Crippen molar-refractivity contribution < 1.29 is 14.8 Å². The average molecular weight is 275 g/mol. The van der Waals surface area contributed by atoms with Crippen LogP contribution in [-0.4, -0.2) is 28.6 Å². The molecule has 104 valence electrons. The highest BCUT2D eigenvalue weighted by Crippen LogP contribution is 2.32. The fourth-order valence-corrected chi connectivity index (χ4v) is 2.56. The molecule has 2 rings (SSSR count). The van der Waals surface area contributed by atoms with E-state index in [0.29, 0.717) is 12.2 Å². The number of nitro groups is 1. The highest BCUT2D eigenvalue weighted by atomic mass is 16.6. The van der Waals surface area contributed by atoms with Gasteiger partial charge in [-0.05, 0) is 24.5 Å². The lowest BCUT2D eigenvalue weighted by Crippen LogP contribution is -2.39. The molecule has 0 aromatic heterocycles. The molecule has 7 nitrogen and oxygen atoms in total. The lowest BCUT2D eigenvalue weighted by molar-refractivity contribution is -0.385. The van der Waals surface area contributed by atoms with Gasteiger partial charge in [-0.3, -0.25) is 10.1 Å². The maximum atomic E-state index is 11.3. The largest absolute Gasteiger partial charge is 0.480 e. The van der Waals surface area contributed by atoms with Crippen LogP contribution in [0.3, 0.4) is 0 Å².